The van der Waals surface area contributed by atoms with Crippen LogP contribution in [0.15, 0.2) is 60.7 Å². The summed E-state index contributed by atoms with van der Waals surface area (Å²) in [7, 11) is 0. The Hall–Kier alpha value is -2.20. The molecule has 3 nitrogen and oxygen atoms in total. The number of carbonyl (C=O) groups is 1. The third-order valence-corrected chi connectivity index (χ3v) is 4.88. The molecular weight excluding hydrogens is 304 g/mol. The van der Waals surface area contributed by atoms with Gasteiger partial charge in [0.15, 0.2) is 10.7 Å². The maximum Gasteiger partial charge on any atom is 0.264 e. The molecule has 2 aromatic rings. The van der Waals surface area contributed by atoms with E-state index in [4.69, 9.17) is 12.2 Å². The molecule has 1 aliphatic heterocycles. The molecule has 118 valence electrons. The van der Waals surface area contributed by atoms with Gasteiger partial charge in [0.2, 0.25) is 0 Å². The number of likely N-dealkylation sites (N-methyl/N-ethyl adjacent to an activating group) is 2. The zero-order valence-corrected chi connectivity index (χ0v) is 14.2. The zero-order chi connectivity index (χ0) is 16.4. The standard InChI is InChI=1S/C19H20N2OS/c1-3-20-17(22)19(21(4-2)18(20)23,15-11-7-5-8-12-15)16-13-9-6-10-14-16/h5-14H,3-4H2,1-2H3. The highest BCUT2D eigenvalue weighted by atomic mass is 32.1. The monoisotopic (exact) mass is 324 g/mol. The van der Waals surface area contributed by atoms with E-state index in [1.165, 1.54) is 0 Å². The van der Waals surface area contributed by atoms with Gasteiger partial charge in [0.1, 0.15) is 0 Å². The molecule has 0 radical (unpaired) electrons. The molecule has 1 aliphatic rings. The normalized spacial score (nSPS) is 17.0. The van der Waals surface area contributed by atoms with Gasteiger partial charge in [0.25, 0.3) is 5.91 Å². The molecule has 1 heterocycles. The Balaban J connectivity index is 2.32. The summed E-state index contributed by atoms with van der Waals surface area (Å²) in [6, 6.07) is 19.9. The highest BCUT2D eigenvalue weighted by Gasteiger charge is 2.56. The molecule has 4 heteroatoms. The van der Waals surface area contributed by atoms with Gasteiger partial charge in [-0.05, 0) is 37.2 Å². The molecule has 23 heavy (non-hydrogen) atoms. The second-order valence-corrected chi connectivity index (χ2v) is 5.88. The van der Waals surface area contributed by atoms with Crippen LogP contribution in [0, 0.1) is 0 Å². The predicted octanol–water partition coefficient (Wildman–Crippen LogP) is 3.40. The number of carbonyl (C=O) groups excluding carboxylic acids is 1. The maximum atomic E-state index is 13.4. The van der Waals surface area contributed by atoms with E-state index >= 15 is 0 Å². The van der Waals surface area contributed by atoms with Gasteiger partial charge in [-0.3, -0.25) is 9.69 Å². The lowest BCUT2D eigenvalue weighted by atomic mass is 9.81. The zero-order valence-electron chi connectivity index (χ0n) is 13.4. The van der Waals surface area contributed by atoms with Gasteiger partial charge in [-0.2, -0.15) is 0 Å². The molecule has 2 aromatic carbocycles. The summed E-state index contributed by atoms with van der Waals surface area (Å²) in [5, 5.41) is 0.604. The Morgan fingerprint density at radius 1 is 0.870 bits per heavy atom. The van der Waals surface area contributed by atoms with Gasteiger partial charge in [0.05, 0.1) is 0 Å². The Morgan fingerprint density at radius 2 is 1.35 bits per heavy atom. The molecular formula is C19H20N2OS. The molecule has 0 unspecified atom stereocenters. The minimum Gasteiger partial charge on any atom is -0.327 e. The van der Waals surface area contributed by atoms with E-state index in [1.807, 2.05) is 79.4 Å². The summed E-state index contributed by atoms with van der Waals surface area (Å²) < 4.78 is 0. The smallest absolute Gasteiger partial charge is 0.264 e. The second kappa shape index (κ2) is 6.13. The van der Waals surface area contributed by atoms with Crippen molar-refractivity contribution in [3.63, 3.8) is 0 Å². The number of hydrogen-bond donors (Lipinski definition) is 0. The molecule has 1 saturated heterocycles. The first-order valence-electron chi connectivity index (χ1n) is 7.92. The van der Waals surface area contributed by atoms with E-state index < -0.39 is 5.54 Å². The SMILES string of the molecule is CCN1C(=O)C(c2ccccc2)(c2ccccc2)N(CC)C1=S. The van der Waals surface area contributed by atoms with Crippen LogP contribution in [0.25, 0.3) is 0 Å². The summed E-state index contributed by atoms with van der Waals surface area (Å²) in [6.07, 6.45) is 0. The van der Waals surface area contributed by atoms with Gasteiger partial charge in [-0.1, -0.05) is 60.7 Å². The highest BCUT2D eigenvalue weighted by molar-refractivity contribution is 7.80. The first kappa shape index (κ1) is 15.7. The molecule has 0 N–H and O–H groups in total. The number of nitrogens with zero attached hydrogens (tertiary/aromatic N) is 2. The molecule has 0 bridgehead atoms. The molecule has 0 spiro atoms. The van der Waals surface area contributed by atoms with E-state index in [0.717, 1.165) is 11.1 Å². The van der Waals surface area contributed by atoms with Gasteiger partial charge in [-0.25, -0.2) is 0 Å². The number of amides is 1. The van der Waals surface area contributed by atoms with Crippen molar-refractivity contribution in [3.05, 3.63) is 71.8 Å². The van der Waals surface area contributed by atoms with Crippen molar-refractivity contribution in [2.75, 3.05) is 13.1 Å². The minimum absolute atomic E-state index is 0.0317. The Morgan fingerprint density at radius 3 is 1.74 bits per heavy atom. The highest BCUT2D eigenvalue weighted by Crippen LogP contribution is 2.42. The van der Waals surface area contributed by atoms with Crippen LogP contribution in [0.4, 0.5) is 0 Å². The summed E-state index contributed by atoms with van der Waals surface area (Å²) in [6.45, 7) is 5.25. The summed E-state index contributed by atoms with van der Waals surface area (Å²) in [4.78, 5) is 17.2. The van der Waals surface area contributed by atoms with Crippen molar-refractivity contribution in [2.24, 2.45) is 0 Å². The third-order valence-electron chi connectivity index (χ3n) is 4.44. The number of rotatable bonds is 4. The van der Waals surface area contributed by atoms with Crippen LogP contribution in [-0.2, 0) is 10.3 Å². The Kier molecular flexibility index (Phi) is 4.18. The topological polar surface area (TPSA) is 23.6 Å². The summed E-state index contributed by atoms with van der Waals surface area (Å²) in [5.41, 5.74) is 1.04. The van der Waals surface area contributed by atoms with Crippen LogP contribution < -0.4 is 0 Å². The van der Waals surface area contributed by atoms with Crippen LogP contribution in [0.5, 0.6) is 0 Å². The molecule has 0 atom stereocenters. The molecule has 0 aromatic heterocycles. The van der Waals surface area contributed by atoms with Gasteiger partial charge < -0.3 is 4.90 Å². The van der Waals surface area contributed by atoms with Crippen molar-refractivity contribution >= 4 is 23.2 Å². The van der Waals surface area contributed by atoms with Crippen molar-refractivity contribution in [1.82, 2.24) is 9.80 Å². The molecule has 1 amide bonds. The Bertz CT molecular complexity index is 675. The number of thiocarbonyl (C=S) groups is 1. The van der Waals surface area contributed by atoms with Crippen LogP contribution in [0.3, 0.4) is 0 Å². The first-order chi connectivity index (χ1) is 11.2. The largest absolute Gasteiger partial charge is 0.327 e. The van der Waals surface area contributed by atoms with Crippen LogP contribution in [-0.4, -0.2) is 33.9 Å². The summed E-state index contributed by atoms with van der Waals surface area (Å²) in [5.74, 6) is 0.0317. The fraction of sp³-hybridized carbons (Fsp3) is 0.263. The van der Waals surface area contributed by atoms with E-state index in [9.17, 15) is 4.79 Å². The van der Waals surface area contributed by atoms with Crippen LogP contribution in [0.1, 0.15) is 25.0 Å². The van der Waals surface area contributed by atoms with Crippen molar-refractivity contribution in [3.8, 4) is 0 Å². The average molecular weight is 324 g/mol. The maximum absolute atomic E-state index is 13.4. The molecule has 0 saturated carbocycles. The van der Waals surface area contributed by atoms with Crippen molar-refractivity contribution in [2.45, 2.75) is 19.4 Å². The van der Waals surface area contributed by atoms with Crippen LogP contribution in [0.2, 0.25) is 0 Å². The lowest BCUT2D eigenvalue weighted by Crippen LogP contribution is -2.47. The van der Waals surface area contributed by atoms with Gasteiger partial charge in [0, 0.05) is 13.1 Å². The molecule has 0 aliphatic carbocycles. The number of hydrogen-bond acceptors (Lipinski definition) is 2. The third kappa shape index (κ3) is 2.17. The first-order valence-corrected chi connectivity index (χ1v) is 8.33. The Labute approximate surface area is 142 Å². The second-order valence-electron chi connectivity index (χ2n) is 5.52. The fourth-order valence-electron chi connectivity index (χ4n) is 3.42. The van der Waals surface area contributed by atoms with Gasteiger partial charge in [-0.15, -0.1) is 0 Å². The summed E-state index contributed by atoms with van der Waals surface area (Å²) >= 11 is 5.62. The predicted molar refractivity (Wildman–Crippen MR) is 96.0 cm³/mol. The van der Waals surface area contributed by atoms with E-state index in [-0.39, 0.29) is 5.91 Å². The van der Waals surface area contributed by atoms with Crippen LogP contribution >= 0.6 is 12.2 Å². The quantitative estimate of drug-likeness (QED) is 0.805. The fourth-order valence-corrected chi connectivity index (χ4v) is 3.90. The lowest BCUT2D eigenvalue weighted by Gasteiger charge is -2.36. The van der Waals surface area contributed by atoms with E-state index in [1.54, 1.807) is 4.90 Å². The van der Waals surface area contributed by atoms with E-state index in [0.29, 0.717) is 18.2 Å². The van der Waals surface area contributed by atoms with E-state index in [2.05, 4.69) is 0 Å². The average Bonchev–Trinajstić information content (AvgIpc) is 2.83. The van der Waals surface area contributed by atoms with Gasteiger partial charge >= 0.3 is 0 Å². The van der Waals surface area contributed by atoms with Crippen molar-refractivity contribution < 1.29 is 4.79 Å². The lowest BCUT2D eigenvalue weighted by molar-refractivity contribution is -0.131. The minimum atomic E-state index is -0.871. The molecule has 3 rings (SSSR count). The number of benzene rings is 2. The molecule has 1 fully saturated rings. The van der Waals surface area contributed by atoms with Crippen molar-refractivity contribution in [1.29, 1.82) is 0 Å².